The number of primary amides is 1. The average Bonchev–Trinajstić information content (AvgIpc) is 2.49. The predicted molar refractivity (Wildman–Crippen MR) is 79.7 cm³/mol. The second-order valence-electron chi connectivity index (χ2n) is 6.30. The van der Waals surface area contributed by atoms with E-state index in [1.807, 2.05) is 6.07 Å². The van der Waals surface area contributed by atoms with Gasteiger partial charge in [0.1, 0.15) is 0 Å². The Morgan fingerprint density at radius 1 is 1.15 bits per heavy atom. The zero-order valence-corrected chi connectivity index (χ0v) is 12.0. The number of anilines is 1. The van der Waals surface area contributed by atoms with Crippen LogP contribution in [0.15, 0.2) is 18.5 Å². The van der Waals surface area contributed by atoms with Gasteiger partial charge in [0.15, 0.2) is 0 Å². The van der Waals surface area contributed by atoms with E-state index in [0.717, 1.165) is 18.8 Å². The third kappa shape index (κ3) is 2.51. The summed E-state index contributed by atoms with van der Waals surface area (Å²) in [5.74, 6) is -0.383. The quantitative estimate of drug-likeness (QED) is 0.901. The lowest BCUT2D eigenvalue weighted by Gasteiger charge is -2.45. The number of rotatable bonds is 2. The third-order valence-electron chi connectivity index (χ3n) is 5.14. The molecule has 4 nitrogen and oxygen atoms in total. The van der Waals surface area contributed by atoms with E-state index in [1.54, 1.807) is 12.4 Å². The Morgan fingerprint density at radius 2 is 1.85 bits per heavy atom. The molecule has 0 atom stereocenters. The van der Waals surface area contributed by atoms with Gasteiger partial charge in [0, 0.05) is 25.5 Å². The molecular formula is C16H23N3O. The topological polar surface area (TPSA) is 59.2 Å². The molecule has 0 unspecified atom stereocenters. The normalized spacial score (nSPS) is 21.9. The van der Waals surface area contributed by atoms with E-state index in [-0.39, 0.29) is 5.91 Å². The van der Waals surface area contributed by atoms with Crippen LogP contribution in [-0.4, -0.2) is 24.0 Å². The lowest BCUT2D eigenvalue weighted by Crippen LogP contribution is -2.41. The van der Waals surface area contributed by atoms with Crippen LogP contribution in [0.5, 0.6) is 0 Å². The van der Waals surface area contributed by atoms with Crippen molar-refractivity contribution < 1.29 is 4.79 Å². The maximum Gasteiger partial charge on any atom is 0.252 e. The number of aromatic nitrogens is 1. The standard InChI is InChI=1S/C16H23N3O/c17-15(20)13-12-18-9-4-14(13)19-10-7-16(8-11-19)5-2-1-3-6-16/h4,9,12H,1-3,5-8,10-11H2,(H2,17,20). The number of carbonyl (C=O) groups is 1. The molecule has 0 aromatic carbocycles. The highest BCUT2D eigenvalue weighted by Crippen LogP contribution is 2.45. The molecule has 1 saturated carbocycles. The van der Waals surface area contributed by atoms with Gasteiger partial charge in [-0.15, -0.1) is 0 Å². The SMILES string of the molecule is NC(=O)c1cnccc1N1CCC2(CCCCC2)CC1. The molecule has 1 spiro atoms. The molecule has 1 aliphatic heterocycles. The first kappa shape index (κ1) is 13.4. The van der Waals surface area contributed by atoms with Crippen LogP contribution >= 0.6 is 0 Å². The van der Waals surface area contributed by atoms with Gasteiger partial charge in [-0.25, -0.2) is 0 Å². The average molecular weight is 273 g/mol. The molecule has 2 aliphatic rings. The zero-order chi connectivity index (χ0) is 14.0. The predicted octanol–water partition coefficient (Wildman–Crippen LogP) is 2.73. The number of piperidine rings is 1. The largest absolute Gasteiger partial charge is 0.371 e. The summed E-state index contributed by atoms with van der Waals surface area (Å²) < 4.78 is 0. The summed E-state index contributed by atoms with van der Waals surface area (Å²) in [6.45, 7) is 2.06. The van der Waals surface area contributed by atoms with E-state index in [1.165, 1.54) is 44.9 Å². The van der Waals surface area contributed by atoms with Crippen LogP contribution in [0, 0.1) is 5.41 Å². The highest BCUT2D eigenvalue weighted by Gasteiger charge is 2.36. The fourth-order valence-electron chi connectivity index (χ4n) is 3.88. The Bertz CT molecular complexity index is 484. The minimum Gasteiger partial charge on any atom is -0.371 e. The molecule has 20 heavy (non-hydrogen) atoms. The highest BCUT2D eigenvalue weighted by atomic mass is 16.1. The van der Waals surface area contributed by atoms with Crippen LogP contribution < -0.4 is 10.6 Å². The Labute approximate surface area is 120 Å². The van der Waals surface area contributed by atoms with Crippen LogP contribution in [-0.2, 0) is 0 Å². The molecule has 108 valence electrons. The second-order valence-corrected chi connectivity index (χ2v) is 6.30. The maximum atomic E-state index is 11.5. The van der Waals surface area contributed by atoms with E-state index in [2.05, 4.69) is 9.88 Å². The summed E-state index contributed by atoms with van der Waals surface area (Å²) in [5, 5.41) is 0. The van der Waals surface area contributed by atoms with Crippen molar-refractivity contribution in [3.8, 4) is 0 Å². The fraction of sp³-hybridized carbons (Fsp3) is 0.625. The minimum absolute atomic E-state index is 0.383. The highest BCUT2D eigenvalue weighted by molar-refractivity contribution is 5.98. The third-order valence-corrected chi connectivity index (χ3v) is 5.14. The molecule has 1 saturated heterocycles. The molecule has 2 fully saturated rings. The van der Waals surface area contributed by atoms with E-state index in [4.69, 9.17) is 5.73 Å². The van der Waals surface area contributed by atoms with Crippen LogP contribution in [0.2, 0.25) is 0 Å². The van der Waals surface area contributed by atoms with Gasteiger partial charge in [-0.05, 0) is 37.2 Å². The molecule has 1 aliphatic carbocycles. The molecule has 2 N–H and O–H groups in total. The van der Waals surface area contributed by atoms with Gasteiger partial charge in [0.2, 0.25) is 0 Å². The van der Waals surface area contributed by atoms with Crippen molar-refractivity contribution in [2.75, 3.05) is 18.0 Å². The van der Waals surface area contributed by atoms with Gasteiger partial charge in [-0.3, -0.25) is 9.78 Å². The van der Waals surface area contributed by atoms with Crippen molar-refractivity contribution in [2.24, 2.45) is 11.1 Å². The number of pyridine rings is 1. The van der Waals surface area contributed by atoms with E-state index < -0.39 is 0 Å². The summed E-state index contributed by atoms with van der Waals surface area (Å²) in [6, 6.07) is 1.92. The molecule has 0 bridgehead atoms. The van der Waals surface area contributed by atoms with Gasteiger partial charge in [0.05, 0.1) is 11.3 Å². The molecule has 4 heteroatoms. The first-order valence-corrected chi connectivity index (χ1v) is 7.69. The van der Waals surface area contributed by atoms with Crippen LogP contribution in [0.1, 0.15) is 55.3 Å². The van der Waals surface area contributed by atoms with Crippen LogP contribution in [0.3, 0.4) is 0 Å². The molecule has 3 rings (SSSR count). The fourth-order valence-corrected chi connectivity index (χ4v) is 3.88. The van der Waals surface area contributed by atoms with Gasteiger partial charge >= 0.3 is 0 Å². The number of nitrogens with zero attached hydrogens (tertiary/aromatic N) is 2. The zero-order valence-electron chi connectivity index (χ0n) is 12.0. The van der Waals surface area contributed by atoms with E-state index in [0.29, 0.717) is 11.0 Å². The summed E-state index contributed by atoms with van der Waals surface area (Å²) >= 11 is 0. The molecule has 0 radical (unpaired) electrons. The van der Waals surface area contributed by atoms with Crippen molar-refractivity contribution >= 4 is 11.6 Å². The summed E-state index contributed by atoms with van der Waals surface area (Å²) in [7, 11) is 0. The van der Waals surface area contributed by atoms with Crippen LogP contribution in [0.4, 0.5) is 5.69 Å². The molecule has 1 aromatic heterocycles. The van der Waals surface area contributed by atoms with Gasteiger partial charge in [-0.1, -0.05) is 19.3 Å². The number of amides is 1. The van der Waals surface area contributed by atoms with Crippen molar-refractivity contribution in [3.05, 3.63) is 24.0 Å². The molecular weight excluding hydrogens is 250 g/mol. The van der Waals surface area contributed by atoms with Crippen molar-refractivity contribution in [1.82, 2.24) is 4.98 Å². The Kier molecular flexibility index (Phi) is 3.64. The number of hydrogen-bond acceptors (Lipinski definition) is 3. The van der Waals surface area contributed by atoms with Crippen molar-refractivity contribution in [3.63, 3.8) is 0 Å². The minimum atomic E-state index is -0.383. The lowest BCUT2D eigenvalue weighted by atomic mass is 9.68. The molecule has 1 amide bonds. The molecule has 2 heterocycles. The van der Waals surface area contributed by atoms with Crippen molar-refractivity contribution in [2.45, 2.75) is 44.9 Å². The Morgan fingerprint density at radius 3 is 2.50 bits per heavy atom. The monoisotopic (exact) mass is 273 g/mol. The number of hydrogen-bond donors (Lipinski definition) is 1. The smallest absolute Gasteiger partial charge is 0.252 e. The first-order chi connectivity index (χ1) is 9.70. The van der Waals surface area contributed by atoms with Crippen LogP contribution in [0.25, 0.3) is 0 Å². The van der Waals surface area contributed by atoms with E-state index in [9.17, 15) is 4.79 Å². The Balaban J connectivity index is 1.73. The lowest BCUT2D eigenvalue weighted by molar-refractivity contribution is 0.1000. The van der Waals surface area contributed by atoms with Gasteiger partial charge < -0.3 is 10.6 Å². The maximum absolute atomic E-state index is 11.5. The van der Waals surface area contributed by atoms with Gasteiger partial charge in [-0.2, -0.15) is 0 Å². The van der Waals surface area contributed by atoms with Crippen molar-refractivity contribution in [1.29, 1.82) is 0 Å². The summed E-state index contributed by atoms with van der Waals surface area (Å²) in [6.07, 6.45) is 12.8. The number of carbonyl (C=O) groups excluding carboxylic acids is 1. The Hall–Kier alpha value is -1.58. The van der Waals surface area contributed by atoms with Gasteiger partial charge in [0.25, 0.3) is 5.91 Å². The second kappa shape index (κ2) is 5.43. The number of nitrogens with two attached hydrogens (primary N) is 1. The summed E-state index contributed by atoms with van der Waals surface area (Å²) in [5.41, 5.74) is 7.53. The molecule has 1 aromatic rings. The van der Waals surface area contributed by atoms with E-state index >= 15 is 0 Å². The summed E-state index contributed by atoms with van der Waals surface area (Å²) in [4.78, 5) is 17.8. The first-order valence-electron chi connectivity index (χ1n) is 7.69.